The molecule has 2 unspecified atom stereocenters. The number of hydrogen-bond donors (Lipinski definition) is 0. The van der Waals surface area contributed by atoms with Gasteiger partial charge in [-0.2, -0.15) is 11.8 Å². The minimum atomic E-state index is 0.411. The highest BCUT2D eigenvalue weighted by Gasteiger charge is 2.34. The molecule has 0 aliphatic carbocycles. The highest BCUT2D eigenvalue weighted by molar-refractivity contribution is 8.01. The van der Waals surface area contributed by atoms with Gasteiger partial charge in [0.05, 0.1) is 0 Å². The topological polar surface area (TPSA) is 0 Å². The standard InChI is InChI=1S/C14H20S/c1-4-11(2)12-5-7-13(8-6-12)14(3)9-10-15-14/h5-8,11H,4,9-10H2,1-3H3. The molecule has 15 heavy (non-hydrogen) atoms. The summed E-state index contributed by atoms with van der Waals surface area (Å²) in [6.07, 6.45) is 2.56. The highest BCUT2D eigenvalue weighted by Crippen LogP contribution is 2.48. The lowest BCUT2D eigenvalue weighted by atomic mass is 9.92. The lowest BCUT2D eigenvalue weighted by molar-refractivity contribution is 0.625. The summed E-state index contributed by atoms with van der Waals surface area (Å²) in [5.74, 6) is 2.02. The minimum Gasteiger partial charge on any atom is -0.151 e. The summed E-state index contributed by atoms with van der Waals surface area (Å²) in [4.78, 5) is 0. The molecule has 0 bridgehead atoms. The molecule has 1 aliphatic heterocycles. The molecule has 0 spiro atoms. The van der Waals surface area contributed by atoms with E-state index in [2.05, 4.69) is 56.8 Å². The maximum Gasteiger partial charge on any atom is 0.0388 e. The van der Waals surface area contributed by atoms with Gasteiger partial charge < -0.3 is 0 Å². The number of rotatable bonds is 3. The van der Waals surface area contributed by atoms with E-state index in [1.165, 1.54) is 29.7 Å². The summed E-state index contributed by atoms with van der Waals surface area (Å²) >= 11 is 2.08. The van der Waals surface area contributed by atoms with Crippen molar-refractivity contribution in [1.82, 2.24) is 0 Å². The van der Waals surface area contributed by atoms with Crippen LogP contribution in [0.5, 0.6) is 0 Å². The number of thioether (sulfide) groups is 1. The lowest BCUT2D eigenvalue weighted by Crippen LogP contribution is -2.27. The average Bonchev–Trinajstić information content (AvgIpc) is 2.25. The van der Waals surface area contributed by atoms with E-state index in [4.69, 9.17) is 0 Å². The van der Waals surface area contributed by atoms with Crippen LogP contribution in [0.2, 0.25) is 0 Å². The number of benzene rings is 1. The molecule has 0 saturated carbocycles. The zero-order valence-corrected chi connectivity index (χ0v) is 10.7. The first-order valence-corrected chi connectivity index (χ1v) is 6.88. The summed E-state index contributed by atoms with van der Waals surface area (Å²) in [6.45, 7) is 6.91. The van der Waals surface area contributed by atoms with Crippen LogP contribution in [0.25, 0.3) is 0 Å². The molecule has 1 aliphatic rings. The highest BCUT2D eigenvalue weighted by atomic mass is 32.2. The van der Waals surface area contributed by atoms with E-state index in [1.807, 2.05) is 0 Å². The molecule has 82 valence electrons. The molecule has 1 saturated heterocycles. The van der Waals surface area contributed by atoms with Gasteiger partial charge in [-0.15, -0.1) is 0 Å². The van der Waals surface area contributed by atoms with Gasteiger partial charge in [-0.3, -0.25) is 0 Å². The molecule has 1 fully saturated rings. The van der Waals surface area contributed by atoms with E-state index < -0.39 is 0 Å². The summed E-state index contributed by atoms with van der Waals surface area (Å²) in [5, 5.41) is 0. The summed E-state index contributed by atoms with van der Waals surface area (Å²) in [7, 11) is 0. The Balaban J connectivity index is 2.17. The van der Waals surface area contributed by atoms with Crippen molar-refractivity contribution in [1.29, 1.82) is 0 Å². The second-order valence-corrected chi connectivity index (χ2v) is 6.36. The molecular formula is C14H20S. The molecule has 1 aromatic rings. The molecule has 0 nitrogen and oxygen atoms in total. The molecule has 1 heterocycles. The third-order valence-electron chi connectivity index (χ3n) is 3.70. The van der Waals surface area contributed by atoms with Crippen LogP contribution in [0.4, 0.5) is 0 Å². The van der Waals surface area contributed by atoms with Crippen LogP contribution >= 0.6 is 11.8 Å². The van der Waals surface area contributed by atoms with E-state index in [0.29, 0.717) is 10.7 Å². The average molecular weight is 220 g/mol. The van der Waals surface area contributed by atoms with Gasteiger partial charge in [0.2, 0.25) is 0 Å². The van der Waals surface area contributed by atoms with E-state index in [1.54, 1.807) is 0 Å². The van der Waals surface area contributed by atoms with Crippen molar-refractivity contribution in [3.05, 3.63) is 35.4 Å². The third kappa shape index (κ3) is 2.08. The summed E-state index contributed by atoms with van der Waals surface area (Å²) in [6, 6.07) is 9.28. The van der Waals surface area contributed by atoms with Crippen molar-refractivity contribution >= 4 is 11.8 Å². The fourth-order valence-corrected chi connectivity index (χ4v) is 3.16. The van der Waals surface area contributed by atoms with Crippen molar-refractivity contribution in [2.75, 3.05) is 5.75 Å². The first-order chi connectivity index (χ1) is 7.15. The maximum absolute atomic E-state index is 2.36. The van der Waals surface area contributed by atoms with Crippen LogP contribution in [0.15, 0.2) is 24.3 Å². The Morgan fingerprint density at radius 1 is 1.33 bits per heavy atom. The largest absolute Gasteiger partial charge is 0.151 e. The van der Waals surface area contributed by atoms with Gasteiger partial charge in [0, 0.05) is 4.75 Å². The lowest BCUT2D eigenvalue weighted by Gasteiger charge is -2.38. The van der Waals surface area contributed by atoms with E-state index in [9.17, 15) is 0 Å². The Kier molecular flexibility index (Phi) is 3.11. The van der Waals surface area contributed by atoms with Crippen LogP contribution in [0.3, 0.4) is 0 Å². The number of hydrogen-bond acceptors (Lipinski definition) is 1. The van der Waals surface area contributed by atoms with Gasteiger partial charge in [0.25, 0.3) is 0 Å². The summed E-state index contributed by atoms with van der Waals surface area (Å²) < 4.78 is 0.411. The SMILES string of the molecule is CCC(C)c1ccc(C2(C)CCS2)cc1. The maximum atomic E-state index is 2.36. The smallest absolute Gasteiger partial charge is 0.0388 e. The Morgan fingerprint density at radius 3 is 2.33 bits per heavy atom. The normalized spacial score (nSPS) is 27.1. The Morgan fingerprint density at radius 2 is 1.93 bits per heavy atom. The second-order valence-electron chi connectivity index (χ2n) is 4.76. The molecule has 2 rings (SSSR count). The molecule has 0 radical (unpaired) electrons. The quantitative estimate of drug-likeness (QED) is 0.720. The van der Waals surface area contributed by atoms with Crippen molar-refractivity contribution in [2.24, 2.45) is 0 Å². The van der Waals surface area contributed by atoms with Crippen LogP contribution < -0.4 is 0 Å². The van der Waals surface area contributed by atoms with E-state index in [0.717, 1.165) is 0 Å². The van der Waals surface area contributed by atoms with Crippen molar-refractivity contribution in [2.45, 2.75) is 44.3 Å². The van der Waals surface area contributed by atoms with Gasteiger partial charge in [0.15, 0.2) is 0 Å². The molecule has 0 aromatic heterocycles. The second kappa shape index (κ2) is 4.21. The summed E-state index contributed by atoms with van der Waals surface area (Å²) in [5.41, 5.74) is 2.99. The van der Waals surface area contributed by atoms with Crippen molar-refractivity contribution in [3.8, 4) is 0 Å². The molecular weight excluding hydrogens is 200 g/mol. The first kappa shape index (κ1) is 11.1. The van der Waals surface area contributed by atoms with Gasteiger partial charge in [-0.1, -0.05) is 38.1 Å². The van der Waals surface area contributed by atoms with E-state index in [-0.39, 0.29) is 0 Å². The monoisotopic (exact) mass is 220 g/mol. The van der Waals surface area contributed by atoms with Crippen LogP contribution in [-0.4, -0.2) is 5.75 Å². The minimum absolute atomic E-state index is 0.411. The van der Waals surface area contributed by atoms with Gasteiger partial charge >= 0.3 is 0 Å². The van der Waals surface area contributed by atoms with E-state index >= 15 is 0 Å². The Hall–Kier alpha value is -0.430. The predicted molar refractivity (Wildman–Crippen MR) is 69.6 cm³/mol. The molecule has 1 aromatic carbocycles. The van der Waals surface area contributed by atoms with Crippen LogP contribution in [0.1, 0.15) is 50.7 Å². The fraction of sp³-hybridized carbons (Fsp3) is 0.571. The molecule has 1 heteroatoms. The first-order valence-electron chi connectivity index (χ1n) is 5.90. The van der Waals surface area contributed by atoms with Crippen molar-refractivity contribution < 1.29 is 0 Å². The van der Waals surface area contributed by atoms with Crippen LogP contribution in [0, 0.1) is 0 Å². The fourth-order valence-electron chi connectivity index (χ4n) is 2.04. The predicted octanol–water partition coefficient (Wildman–Crippen LogP) is 4.55. The Bertz CT molecular complexity index is 322. The van der Waals surface area contributed by atoms with Gasteiger partial charge in [-0.05, 0) is 42.6 Å². The molecule has 2 atom stereocenters. The Labute approximate surface area is 97.5 Å². The van der Waals surface area contributed by atoms with Gasteiger partial charge in [0.1, 0.15) is 0 Å². The zero-order chi connectivity index (χ0) is 10.9. The zero-order valence-electron chi connectivity index (χ0n) is 9.92. The molecule has 0 N–H and O–H groups in total. The molecule has 0 amide bonds. The van der Waals surface area contributed by atoms with Gasteiger partial charge in [-0.25, -0.2) is 0 Å². The third-order valence-corrected chi connectivity index (χ3v) is 5.19. The van der Waals surface area contributed by atoms with Crippen LogP contribution in [-0.2, 0) is 4.75 Å². The van der Waals surface area contributed by atoms with Crippen molar-refractivity contribution in [3.63, 3.8) is 0 Å².